The first-order valence-corrected chi connectivity index (χ1v) is 6.48. The molecule has 1 atom stereocenters. The molecule has 1 aromatic heterocycles. The Morgan fingerprint density at radius 3 is 2.87 bits per heavy atom. The second-order valence-corrected chi connectivity index (χ2v) is 5.23. The Bertz CT molecular complexity index is 495. The highest BCUT2D eigenvalue weighted by Crippen LogP contribution is 2.32. The van der Waals surface area contributed by atoms with Crippen LogP contribution in [-0.2, 0) is 0 Å². The minimum Gasteiger partial charge on any atom is -0.389 e. The van der Waals surface area contributed by atoms with Gasteiger partial charge in [0.25, 0.3) is 0 Å². The molecule has 2 aromatic rings. The van der Waals surface area contributed by atoms with Gasteiger partial charge in [-0.1, -0.05) is 17.8 Å². The van der Waals surface area contributed by atoms with Crippen LogP contribution < -0.4 is 0 Å². The van der Waals surface area contributed by atoms with Gasteiger partial charge < -0.3 is 5.11 Å². The van der Waals surface area contributed by atoms with Crippen molar-refractivity contribution in [3.05, 3.63) is 23.5 Å². The molecule has 80 valence electrons. The van der Waals surface area contributed by atoms with Crippen molar-refractivity contribution >= 4 is 33.3 Å². The molecule has 0 spiro atoms. The summed E-state index contributed by atoms with van der Waals surface area (Å²) in [5, 5.41) is 9.37. The van der Waals surface area contributed by atoms with Crippen molar-refractivity contribution in [2.75, 3.05) is 6.26 Å². The minimum absolute atomic E-state index is 0.332. The zero-order chi connectivity index (χ0) is 11.0. The molecule has 0 amide bonds. The van der Waals surface area contributed by atoms with Crippen LogP contribution in [-0.4, -0.2) is 16.3 Å². The van der Waals surface area contributed by atoms with E-state index in [2.05, 4.69) is 4.98 Å². The van der Waals surface area contributed by atoms with Gasteiger partial charge in [-0.2, -0.15) is 0 Å². The topological polar surface area (TPSA) is 33.1 Å². The maximum absolute atomic E-state index is 13.9. The van der Waals surface area contributed by atoms with E-state index >= 15 is 0 Å². The lowest BCUT2D eigenvalue weighted by Crippen LogP contribution is -1.95. The second kappa shape index (κ2) is 4.08. The number of fused-ring (bicyclic) bond motifs is 1. The monoisotopic (exact) mass is 243 g/mol. The highest BCUT2D eigenvalue weighted by atomic mass is 32.2. The molecular weight excluding hydrogens is 233 g/mol. The number of aliphatic hydroxyl groups excluding tert-OH is 1. The van der Waals surface area contributed by atoms with Gasteiger partial charge in [-0.3, -0.25) is 0 Å². The Kier molecular flexibility index (Phi) is 2.95. The van der Waals surface area contributed by atoms with Crippen LogP contribution in [0, 0.1) is 5.82 Å². The number of benzene rings is 1. The van der Waals surface area contributed by atoms with Crippen LogP contribution in [0.2, 0.25) is 0 Å². The molecule has 0 fully saturated rings. The molecule has 0 aliphatic rings. The molecule has 0 saturated carbocycles. The van der Waals surface area contributed by atoms with E-state index < -0.39 is 6.10 Å². The van der Waals surface area contributed by atoms with Gasteiger partial charge in [-0.15, -0.1) is 11.3 Å². The summed E-state index contributed by atoms with van der Waals surface area (Å²) in [5.41, 5.74) is 0.991. The molecule has 5 heteroatoms. The molecular formula is C10H10FNOS2. The SMILES string of the molecule is CSc1nc2ccc(C(C)O)c(F)c2s1. The van der Waals surface area contributed by atoms with Crippen LogP contribution in [0.25, 0.3) is 10.2 Å². The lowest BCUT2D eigenvalue weighted by Gasteiger charge is -2.05. The molecule has 15 heavy (non-hydrogen) atoms. The van der Waals surface area contributed by atoms with Crippen LogP contribution in [0.1, 0.15) is 18.6 Å². The first-order chi connectivity index (χ1) is 7.13. The number of thioether (sulfide) groups is 1. The predicted octanol–water partition coefficient (Wildman–Crippen LogP) is 3.21. The van der Waals surface area contributed by atoms with E-state index in [0.717, 1.165) is 4.34 Å². The molecule has 2 nitrogen and oxygen atoms in total. The maximum Gasteiger partial charge on any atom is 0.150 e. The van der Waals surface area contributed by atoms with Crippen molar-refractivity contribution in [3.63, 3.8) is 0 Å². The van der Waals surface area contributed by atoms with E-state index in [1.54, 1.807) is 19.1 Å². The third-order valence-corrected chi connectivity index (χ3v) is 4.18. The first-order valence-electron chi connectivity index (χ1n) is 4.44. The predicted molar refractivity (Wildman–Crippen MR) is 62.0 cm³/mol. The number of nitrogens with zero attached hydrogens (tertiary/aromatic N) is 1. The smallest absolute Gasteiger partial charge is 0.150 e. The van der Waals surface area contributed by atoms with Crippen molar-refractivity contribution in [3.8, 4) is 0 Å². The van der Waals surface area contributed by atoms with Gasteiger partial charge in [-0.05, 0) is 19.2 Å². The quantitative estimate of drug-likeness (QED) is 0.822. The summed E-state index contributed by atoms with van der Waals surface area (Å²) in [5.74, 6) is -0.347. The average molecular weight is 243 g/mol. The van der Waals surface area contributed by atoms with Gasteiger partial charge in [0.15, 0.2) is 4.34 Å². The largest absolute Gasteiger partial charge is 0.389 e. The molecule has 2 rings (SSSR count). The highest BCUT2D eigenvalue weighted by Gasteiger charge is 2.14. The molecule has 1 aromatic carbocycles. The van der Waals surface area contributed by atoms with Gasteiger partial charge >= 0.3 is 0 Å². The molecule has 0 aliphatic heterocycles. The second-order valence-electron chi connectivity index (χ2n) is 3.18. The number of halogens is 1. The molecule has 0 aliphatic carbocycles. The summed E-state index contributed by atoms with van der Waals surface area (Å²) in [7, 11) is 0. The summed E-state index contributed by atoms with van der Waals surface area (Å²) < 4.78 is 15.2. The van der Waals surface area contributed by atoms with Crippen LogP contribution in [0.15, 0.2) is 16.5 Å². The Balaban J connectivity index is 2.67. The van der Waals surface area contributed by atoms with E-state index in [0.29, 0.717) is 15.8 Å². The van der Waals surface area contributed by atoms with Crippen LogP contribution in [0.4, 0.5) is 4.39 Å². The van der Waals surface area contributed by atoms with Crippen molar-refractivity contribution in [2.24, 2.45) is 0 Å². The summed E-state index contributed by atoms with van der Waals surface area (Å²) in [6.45, 7) is 1.56. The van der Waals surface area contributed by atoms with Gasteiger partial charge in [0, 0.05) is 5.56 Å². The summed E-state index contributed by atoms with van der Waals surface area (Å²) in [4.78, 5) is 4.25. The number of rotatable bonds is 2. The van der Waals surface area contributed by atoms with E-state index in [1.807, 2.05) is 6.26 Å². The standard InChI is InChI=1S/C10H10FNOS2/c1-5(13)6-3-4-7-9(8(6)11)15-10(12-7)14-2/h3-5,13H,1-2H3. The van der Waals surface area contributed by atoms with E-state index in [1.165, 1.54) is 23.1 Å². The Morgan fingerprint density at radius 2 is 2.27 bits per heavy atom. The lowest BCUT2D eigenvalue weighted by molar-refractivity contribution is 0.194. The summed E-state index contributed by atoms with van der Waals surface area (Å²) in [6, 6.07) is 3.34. The number of hydrogen-bond acceptors (Lipinski definition) is 4. The fraction of sp³-hybridized carbons (Fsp3) is 0.300. The Labute approximate surface area is 95.2 Å². The van der Waals surface area contributed by atoms with Crippen molar-refractivity contribution in [1.82, 2.24) is 4.98 Å². The number of aliphatic hydroxyl groups is 1. The molecule has 0 bridgehead atoms. The van der Waals surface area contributed by atoms with Crippen LogP contribution >= 0.6 is 23.1 Å². The van der Waals surface area contributed by atoms with Crippen molar-refractivity contribution in [2.45, 2.75) is 17.4 Å². The molecule has 1 unspecified atom stereocenters. The van der Waals surface area contributed by atoms with Crippen LogP contribution in [0.3, 0.4) is 0 Å². The molecule has 0 radical (unpaired) electrons. The molecule has 0 saturated heterocycles. The van der Waals surface area contributed by atoms with E-state index in [4.69, 9.17) is 0 Å². The Morgan fingerprint density at radius 1 is 1.53 bits per heavy atom. The Hall–Kier alpha value is -0.650. The zero-order valence-electron chi connectivity index (χ0n) is 8.32. The average Bonchev–Trinajstić information content (AvgIpc) is 2.61. The third kappa shape index (κ3) is 1.87. The minimum atomic E-state index is -0.783. The molecule has 1 heterocycles. The summed E-state index contributed by atoms with van der Waals surface area (Å²) >= 11 is 2.82. The normalized spacial score (nSPS) is 13.3. The molecule has 1 N–H and O–H groups in total. The third-order valence-electron chi connectivity index (χ3n) is 2.13. The number of aromatic nitrogens is 1. The lowest BCUT2D eigenvalue weighted by atomic mass is 10.1. The fourth-order valence-corrected chi connectivity index (χ4v) is 2.88. The number of thiazole rings is 1. The van der Waals surface area contributed by atoms with Crippen LogP contribution in [0.5, 0.6) is 0 Å². The van der Waals surface area contributed by atoms with Gasteiger partial charge in [-0.25, -0.2) is 9.37 Å². The van der Waals surface area contributed by atoms with Crippen molar-refractivity contribution < 1.29 is 9.50 Å². The maximum atomic E-state index is 13.9. The van der Waals surface area contributed by atoms with Gasteiger partial charge in [0.2, 0.25) is 0 Å². The van der Waals surface area contributed by atoms with Gasteiger partial charge in [0.1, 0.15) is 5.82 Å². The van der Waals surface area contributed by atoms with Gasteiger partial charge in [0.05, 0.1) is 16.3 Å². The fourth-order valence-electron chi connectivity index (χ4n) is 1.36. The van der Waals surface area contributed by atoms with Crippen molar-refractivity contribution in [1.29, 1.82) is 0 Å². The van der Waals surface area contributed by atoms with E-state index in [9.17, 15) is 9.50 Å². The zero-order valence-corrected chi connectivity index (χ0v) is 9.95. The van der Waals surface area contributed by atoms with E-state index in [-0.39, 0.29) is 5.82 Å². The first kappa shape index (κ1) is 10.9. The summed E-state index contributed by atoms with van der Waals surface area (Å²) in [6.07, 6.45) is 1.12. The number of hydrogen-bond donors (Lipinski definition) is 1. The highest BCUT2D eigenvalue weighted by molar-refractivity contribution is 8.00.